The maximum absolute atomic E-state index is 12.1. The Kier molecular flexibility index (Phi) is 3.29. The summed E-state index contributed by atoms with van der Waals surface area (Å²) >= 11 is 0. The molecule has 0 spiro atoms. The second kappa shape index (κ2) is 4.88. The number of rotatable bonds is 4. The third kappa shape index (κ3) is 2.97. The van der Waals surface area contributed by atoms with Crippen LogP contribution in [0.25, 0.3) is 0 Å². The molecule has 0 N–H and O–H groups in total. The van der Waals surface area contributed by atoms with Gasteiger partial charge < -0.3 is 9.32 Å². The van der Waals surface area contributed by atoms with E-state index < -0.39 is 5.63 Å². The molecular formula is C13H13NO3. The number of hydrogen-bond acceptors (Lipinski definition) is 3. The van der Waals surface area contributed by atoms with Crippen LogP contribution in [-0.4, -0.2) is 23.9 Å². The molecule has 4 heteroatoms. The van der Waals surface area contributed by atoms with E-state index in [1.54, 1.807) is 4.90 Å². The molecule has 0 radical (unpaired) electrons. The number of terminal acetylenes is 1. The fraction of sp³-hybridized carbons (Fsp3) is 0.385. The van der Waals surface area contributed by atoms with Crippen LogP contribution < -0.4 is 5.63 Å². The molecule has 4 nitrogen and oxygen atoms in total. The van der Waals surface area contributed by atoms with E-state index in [-0.39, 0.29) is 12.5 Å². The highest BCUT2D eigenvalue weighted by Gasteiger charge is 2.27. The molecule has 1 heterocycles. The Balaban J connectivity index is 2.11. The highest BCUT2D eigenvalue weighted by atomic mass is 16.4. The van der Waals surface area contributed by atoms with Crippen molar-refractivity contribution in [1.29, 1.82) is 0 Å². The zero-order chi connectivity index (χ0) is 12.3. The molecule has 0 saturated heterocycles. The Bertz CT molecular complexity index is 488. The van der Waals surface area contributed by atoms with Crippen molar-refractivity contribution < 1.29 is 9.21 Å². The van der Waals surface area contributed by atoms with E-state index in [1.807, 2.05) is 0 Å². The summed E-state index contributed by atoms with van der Waals surface area (Å²) in [6, 6.07) is 2.70. The summed E-state index contributed by atoms with van der Waals surface area (Å²) < 4.78 is 4.67. The van der Waals surface area contributed by atoms with E-state index >= 15 is 0 Å². The third-order valence-corrected chi connectivity index (χ3v) is 2.69. The van der Waals surface area contributed by atoms with Crippen molar-refractivity contribution in [3.05, 3.63) is 34.4 Å². The Morgan fingerprint density at radius 1 is 1.53 bits per heavy atom. The summed E-state index contributed by atoms with van der Waals surface area (Å²) in [6.45, 7) is 0.969. The highest BCUT2D eigenvalue weighted by molar-refractivity contribution is 5.93. The van der Waals surface area contributed by atoms with Crippen molar-refractivity contribution in [2.75, 3.05) is 13.1 Å². The normalized spacial score (nSPS) is 14.1. The van der Waals surface area contributed by atoms with Crippen molar-refractivity contribution in [2.24, 2.45) is 5.92 Å². The van der Waals surface area contributed by atoms with Gasteiger partial charge in [0, 0.05) is 12.6 Å². The molecule has 1 aliphatic carbocycles. The molecule has 2 rings (SSSR count). The molecule has 1 aromatic rings. The van der Waals surface area contributed by atoms with E-state index in [0.717, 1.165) is 12.8 Å². The van der Waals surface area contributed by atoms with Gasteiger partial charge in [0.1, 0.15) is 6.26 Å². The number of nitrogens with zero attached hydrogens (tertiary/aromatic N) is 1. The van der Waals surface area contributed by atoms with Gasteiger partial charge in [-0.05, 0) is 24.8 Å². The molecule has 0 aliphatic heterocycles. The lowest BCUT2D eigenvalue weighted by Gasteiger charge is -2.19. The molecule has 0 bridgehead atoms. The van der Waals surface area contributed by atoms with Crippen LogP contribution in [0.3, 0.4) is 0 Å². The highest BCUT2D eigenvalue weighted by Crippen LogP contribution is 2.29. The van der Waals surface area contributed by atoms with Gasteiger partial charge in [-0.25, -0.2) is 4.79 Å². The van der Waals surface area contributed by atoms with E-state index in [0.29, 0.717) is 18.0 Å². The van der Waals surface area contributed by atoms with Crippen molar-refractivity contribution in [3.8, 4) is 12.3 Å². The predicted molar refractivity (Wildman–Crippen MR) is 62.4 cm³/mol. The largest absolute Gasteiger partial charge is 0.430 e. The first-order valence-electron chi connectivity index (χ1n) is 5.52. The number of amides is 1. The molecule has 0 atom stereocenters. The molecule has 1 fully saturated rings. The van der Waals surface area contributed by atoms with Crippen molar-refractivity contribution in [3.63, 3.8) is 0 Å². The van der Waals surface area contributed by atoms with Crippen LogP contribution in [-0.2, 0) is 0 Å². The minimum Gasteiger partial charge on any atom is -0.430 e. The smallest absolute Gasteiger partial charge is 0.335 e. The van der Waals surface area contributed by atoms with E-state index in [2.05, 4.69) is 10.3 Å². The summed E-state index contributed by atoms with van der Waals surface area (Å²) in [5.74, 6) is 2.87. The minimum absolute atomic E-state index is 0.182. The number of hydrogen-bond donors (Lipinski definition) is 0. The maximum atomic E-state index is 12.1. The molecule has 17 heavy (non-hydrogen) atoms. The second-order valence-corrected chi connectivity index (χ2v) is 4.18. The Labute approximate surface area is 99.2 Å². The Morgan fingerprint density at radius 3 is 2.82 bits per heavy atom. The zero-order valence-corrected chi connectivity index (χ0v) is 9.39. The molecule has 1 aliphatic rings. The minimum atomic E-state index is -0.466. The van der Waals surface area contributed by atoms with Crippen LogP contribution >= 0.6 is 0 Å². The fourth-order valence-corrected chi connectivity index (χ4v) is 1.60. The van der Waals surface area contributed by atoms with Crippen LogP contribution in [0.2, 0.25) is 0 Å². The SMILES string of the molecule is C#CCN(CC1CC1)C(=O)c1ccc(=O)oc1. The summed E-state index contributed by atoms with van der Waals surface area (Å²) in [4.78, 5) is 24.5. The topological polar surface area (TPSA) is 50.5 Å². The first-order chi connectivity index (χ1) is 8.20. The summed E-state index contributed by atoms with van der Waals surface area (Å²) in [5.41, 5.74) is -0.104. The van der Waals surface area contributed by atoms with E-state index in [1.165, 1.54) is 18.4 Å². The van der Waals surface area contributed by atoms with Crippen LogP contribution in [0.5, 0.6) is 0 Å². The average Bonchev–Trinajstić information content (AvgIpc) is 3.13. The van der Waals surface area contributed by atoms with Gasteiger partial charge in [-0.3, -0.25) is 4.79 Å². The molecule has 1 aromatic heterocycles. The molecule has 1 amide bonds. The van der Waals surface area contributed by atoms with Gasteiger partial charge in [0.05, 0.1) is 12.1 Å². The van der Waals surface area contributed by atoms with Crippen molar-refractivity contribution in [1.82, 2.24) is 4.90 Å². The van der Waals surface area contributed by atoms with Gasteiger partial charge in [0.2, 0.25) is 0 Å². The lowest BCUT2D eigenvalue weighted by Crippen LogP contribution is -2.33. The lowest BCUT2D eigenvalue weighted by atomic mass is 10.2. The molecular weight excluding hydrogens is 218 g/mol. The van der Waals surface area contributed by atoms with Crippen LogP contribution in [0.1, 0.15) is 23.2 Å². The Hall–Kier alpha value is -2.02. The third-order valence-electron chi connectivity index (χ3n) is 2.69. The number of carbonyl (C=O) groups excluding carboxylic acids is 1. The second-order valence-electron chi connectivity index (χ2n) is 4.18. The standard InChI is InChI=1S/C13H13NO3/c1-2-7-14(8-10-3-4-10)13(16)11-5-6-12(15)17-9-11/h1,5-6,9-10H,3-4,7-8H2. The van der Waals surface area contributed by atoms with Crippen LogP contribution in [0.4, 0.5) is 0 Å². The summed E-state index contributed by atoms with van der Waals surface area (Å²) in [5, 5.41) is 0. The van der Waals surface area contributed by atoms with E-state index in [4.69, 9.17) is 6.42 Å². The van der Waals surface area contributed by atoms with Gasteiger partial charge in [0.25, 0.3) is 5.91 Å². The van der Waals surface area contributed by atoms with E-state index in [9.17, 15) is 9.59 Å². The van der Waals surface area contributed by atoms with Gasteiger partial charge in [0.15, 0.2) is 0 Å². The maximum Gasteiger partial charge on any atom is 0.335 e. The zero-order valence-electron chi connectivity index (χ0n) is 9.39. The molecule has 0 aromatic carbocycles. The fourth-order valence-electron chi connectivity index (χ4n) is 1.60. The van der Waals surface area contributed by atoms with Gasteiger partial charge >= 0.3 is 5.63 Å². The van der Waals surface area contributed by atoms with Crippen LogP contribution in [0, 0.1) is 18.3 Å². The van der Waals surface area contributed by atoms with Crippen LogP contribution in [0.15, 0.2) is 27.6 Å². The van der Waals surface area contributed by atoms with Gasteiger partial charge in [-0.1, -0.05) is 5.92 Å². The van der Waals surface area contributed by atoms with Gasteiger partial charge in [-0.2, -0.15) is 0 Å². The Morgan fingerprint density at radius 2 is 2.29 bits per heavy atom. The summed E-state index contributed by atoms with van der Waals surface area (Å²) in [7, 11) is 0. The number of carbonyl (C=O) groups is 1. The average molecular weight is 231 g/mol. The first-order valence-corrected chi connectivity index (χ1v) is 5.52. The molecule has 1 saturated carbocycles. The molecule has 0 unspecified atom stereocenters. The predicted octanol–water partition coefficient (Wildman–Crippen LogP) is 1.13. The first kappa shape index (κ1) is 11.5. The monoisotopic (exact) mass is 231 g/mol. The van der Waals surface area contributed by atoms with Gasteiger partial charge in [-0.15, -0.1) is 6.42 Å². The quantitative estimate of drug-likeness (QED) is 0.730. The molecule has 88 valence electrons. The lowest BCUT2D eigenvalue weighted by molar-refractivity contribution is 0.0767. The van der Waals surface area contributed by atoms with Crippen molar-refractivity contribution >= 4 is 5.91 Å². The van der Waals surface area contributed by atoms with Crippen molar-refractivity contribution in [2.45, 2.75) is 12.8 Å². The summed E-state index contributed by atoms with van der Waals surface area (Å²) in [6.07, 6.45) is 8.73.